The molecule has 0 radical (unpaired) electrons. The molecular formula is C12H22N2O3. The maximum atomic E-state index is 11.7. The van der Waals surface area contributed by atoms with E-state index in [0.717, 1.165) is 25.8 Å². The Balaban J connectivity index is 1.94. The van der Waals surface area contributed by atoms with Crippen molar-refractivity contribution in [3.8, 4) is 0 Å². The Hall–Kier alpha value is -0.650. The molecular weight excluding hydrogens is 220 g/mol. The fourth-order valence-corrected chi connectivity index (χ4v) is 2.72. The first-order valence-electron chi connectivity index (χ1n) is 6.44. The molecule has 0 aromatic carbocycles. The zero-order valence-electron chi connectivity index (χ0n) is 10.4. The van der Waals surface area contributed by atoms with Gasteiger partial charge < -0.3 is 20.5 Å². The number of nitrogens with one attached hydrogen (secondary N) is 1. The van der Waals surface area contributed by atoms with Crippen molar-refractivity contribution < 1.29 is 14.3 Å². The van der Waals surface area contributed by atoms with Gasteiger partial charge in [0, 0.05) is 6.42 Å². The highest BCUT2D eigenvalue weighted by Crippen LogP contribution is 2.31. The van der Waals surface area contributed by atoms with Crippen LogP contribution in [0.15, 0.2) is 0 Å². The minimum absolute atomic E-state index is 0.129. The molecule has 5 nitrogen and oxygen atoms in total. The van der Waals surface area contributed by atoms with Gasteiger partial charge in [-0.25, -0.2) is 0 Å². The van der Waals surface area contributed by atoms with E-state index in [1.807, 2.05) is 6.92 Å². The predicted octanol–water partition coefficient (Wildman–Crippen LogP) is 0.178. The van der Waals surface area contributed by atoms with Crippen LogP contribution >= 0.6 is 0 Å². The third-order valence-corrected chi connectivity index (χ3v) is 3.68. The highest BCUT2D eigenvalue weighted by Gasteiger charge is 2.42. The van der Waals surface area contributed by atoms with Crippen molar-refractivity contribution in [2.24, 2.45) is 5.73 Å². The van der Waals surface area contributed by atoms with Crippen molar-refractivity contribution in [2.75, 3.05) is 19.8 Å². The molecule has 2 fully saturated rings. The van der Waals surface area contributed by atoms with Gasteiger partial charge in [-0.3, -0.25) is 4.79 Å². The Morgan fingerprint density at radius 2 is 2.29 bits per heavy atom. The van der Waals surface area contributed by atoms with Crippen LogP contribution in [-0.4, -0.2) is 43.4 Å². The predicted molar refractivity (Wildman–Crippen MR) is 63.6 cm³/mol. The molecule has 0 bridgehead atoms. The summed E-state index contributed by atoms with van der Waals surface area (Å²) in [7, 11) is 0. The van der Waals surface area contributed by atoms with Crippen LogP contribution in [-0.2, 0) is 14.3 Å². The minimum atomic E-state index is -0.567. The van der Waals surface area contributed by atoms with E-state index in [1.165, 1.54) is 0 Å². The molecule has 0 spiro atoms. The summed E-state index contributed by atoms with van der Waals surface area (Å²) in [6.45, 7) is 4.11. The molecule has 17 heavy (non-hydrogen) atoms. The topological polar surface area (TPSA) is 73.6 Å². The number of rotatable bonds is 5. The Morgan fingerprint density at radius 1 is 1.53 bits per heavy atom. The van der Waals surface area contributed by atoms with Crippen LogP contribution in [0.4, 0.5) is 0 Å². The highest BCUT2D eigenvalue weighted by molar-refractivity contribution is 5.84. The lowest BCUT2D eigenvalue weighted by Crippen LogP contribution is -2.59. The van der Waals surface area contributed by atoms with Crippen LogP contribution in [0, 0.1) is 0 Å². The largest absolute Gasteiger partial charge is 0.376 e. The lowest BCUT2D eigenvalue weighted by molar-refractivity contribution is -0.167. The molecule has 0 aromatic rings. The van der Waals surface area contributed by atoms with Gasteiger partial charge in [0.25, 0.3) is 0 Å². The summed E-state index contributed by atoms with van der Waals surface area (Å²) in [5.74, 6) is -0.252. The average molecular weight is 242 g/mol. The zero-order chi connectivity index (χ0) is 12.3. The molecule has 1 heterocycles. The van der Waals surface area contributed by atoms with Crippen LogP contribution < -0.4 is 11.1 Å². The van der Waals surface area contributed by atoms with Crippen molar-refractivity contribution >= 4 is 5.91 Å². The lowest BCUT2D eigenvalue weighted by Gasteiger charge is -2.41. The standard InChI is InChI=1S/C12H22N2O3/c1-2-14-12(11(13)15)5-3-4-9(6-12)17-10-7-16-8-10/h9-10,14H,2-8H2,1H3,(H2,13,15). The third-order valence-electron chi connectivity index (χ3n) is 3.68. The second-order valence-electron chi connectivity index (χ2n) is 4.99. The SMILES string of the molecule is CCNC1(C(N)=O)CCCC(OC2COC2)C1. The van der Waals surface area contributed by atoms with E-state index in [-0.39, 0.29) is 18.1 Å². The van der Waals surface area contributed by atoms with Gasteiger partial charge in [0.1, 0.15) is 11.6 Å². The smallest absolute Gasteiger partial charge is 0.237 e. The summed E-state index contributed by atoms with van der Waals surface area (Å²) in [5, 5.41) is 3.25. The number of primary amides is 1. The van der Waals surface area contributed by atoms with E-state index >= 15 is 0 Å². The molecule has 1 amide bonds. The van der Waals surface area contributed by atoms with Crippen molar-refractivity contribution in [3.05, 3.63) is 0 Å². The van der Waals surface area contributed by atoms with Crippen molar-refractivity contribution in [3.63, 3.8) is 0 Å². The quantitative estimate of drug-likeness (QED) is 0.721. The molecule has 5 heteroatoms. The molecule has 1 saturated carbocycles. The second-order valence-corrected chi connectivity index (χ2v) is 4.99. The number of carbonyl (C=O) groups excluding carboxylic acids is 1. The Bertz CT molecular complexity index is 277. The minimum Gasteiger partial charge on any atom is -0.376 e. The molecule has 0 aromatic heterocycles. The van der Waals surface area contributed by atoms with Gasteiger partial charge in [-0.15, -0.1) is 0 Å². The number of nitrogens with two attached hydrogens (primary N) is 1. The number of hydrogen-bond donors (Lipinski definition) is 2. The van der Waals surface area contributed by atoms with Crippen molar-refractivity contribution in [2.45, 2.75) is 50.4 Å². The molecule has 1 aliphatic carbocycles. The van der Waals surface area contributed by atoms with Gasteiger partial charge in [0.05, 0.1) is 19.3 Å². The summed E-state index contributed by atoms with van der Waals surface area (Å²) in [6.07, 6.45) is 3.84. The summed E-state index contributed by atoms with van der Waals surface area (Å²) in [6, 6.07) is 0. The number of ether oxygens (including phenoxy) is 2. The van der Waals surface area contributed by atoms with E-state index in [1.54, 1.807) is 0 Å². The van der Waals surface area contributed by atoms with Crippen LogP contribution in [0.1, 0.15) is 32.6 Å². The molecule has 3 N–H and O–H groups in total. The molecule has 2 aliphatic rings. The lowest BCUT2D eigenvalue weighted by atomic mass is 9.79. The van der Waals surface area contributed by atoms with Crippen LogP contribution in [0.2, 0.25) is 0 Å². The van der Waals surface area contributed by atoms with Crippen molar-refractivity contribution in [1.82, 2.24) is 5.32 Å². The summed E-state index contributed by atoms with van der Waals surface area (Å²) < 4.78 is 11.0. The van der Waals surface area contributed by atoms with Crippen LogP contribution in [0.25, 0.3) is 0 Å². The second kappa shape index (κ2) is 5.33. The monoisotopic (exact) mass is 242 g/mol. The summed E-state index contributed by atoms with van der Waals surface area (Å²) in [4.78, 5) is 11.7. The van der Waals surface area contributed by atoms with Gasteiger partial charge in [-0.05, 0) is 25.8 Å². The maximum Gasteiger partial charge on any atom is 0.237 e. The fourth-order valence-electron chi connectivity index (χ4n) is 2.72. The Kier molecular flexibility index (Phi) is 4.01. The number of carbonyl (C=O) groups is 1. The molecule has 2 unspecified atom stereocenters. The molecule has 98 valence electrons. The molecule has 2 atom stereocenters. The first-order chi connectivity index (χ1) is 8.16. The van der Waals surface area contributed by atoms with Gasteiger partial charge in [-0.1, -0.05) is 6.92 Å². The Morgan fingerprint density at radius 3 is 2.82 bits per heavy atom. The number of hydrogen-bond acceptors (Lipinski definition) is 4. The first-order valence-corrected chi connectivity index (χ1v) is 6.44. The van der Waals surface area contributed by atoms with Gasteiger partial charge in [-0.2, -0.15) is 0 Å². The zero-order valence-corrected chi connectivity index (χ0v) is 10.4. The third kappa shape index (κ3) is 2.78. The molecule has 1 aliphatic heterocycles. The molecule has 1 saturated heterocycles. The van der Waals surface area contributed by atoms with E-state index in [0.29, 0.717) is 19.6 Å². The van der Waals surface area contributed by atoms with Crippen LogP contribution in [0.3, 0.4) is 0 Å². The first kappa shape index (κ1) is 12.8. The van der Waals surface area contributed by atoms with E-state index < -0.39 is 5.54 Å². The molecule has 2 rings (SSSR count). The summed E-state index contributed by atoms with van der Waals surface area (Å²) in [5.41, 5.74) is 4.98. The van der Waals surface area contributed by atoms with Gasteiger partial charge in [0.15, 0.2) is 0 Å². The summed E-state index contributed by atoms with van der Waals surface area (Å²) >= 11 is 0. The normalized spacial score (nSPS) is 34.3. The highest BCUT2D eigenvalue weighted by atomic mass is 16.6. The number of amides is 1. The van der Waals surface area contributed by atoms with Crippen LogP contribution in [0.5, 0.6) is 0 Å². The van der Waals surface area contributed by atoms with E-state index in [9.17, 15) is 4.79 Å². The van der Waals surface area contributed by atoms with E-state index in [4.69, 9.17) is 15.2 Å². The van der Waals surface area contributed by atoms with Gasteiger partial charge in [0.2, 0.25) is 5.91 Å². The average Bonchev–Trinajstić information content (AvgIpc) is 2.24. The number of likely N-dealkylation sites (N-methyl/N-ethyl adjacent to an activating group) is 1. The van der Waals surface area contributed by atoms with E-state index in [2.05, 4.69) is 5.32 Å². The van der Waals surface area contributed by atoms with Gasteiger partial charge >= 0.3 is 0 Å². The fraction of sp³-hybridized carbons (Fsp3) is 0.917. The van der Waals surface area contributed by atoms with Crippen molar-refractivity contribution in [1.29, 1.82) is 0 Å². The Labute approximate surface area is 102 Å². The maximum absolute atomic E-state index is 11.7.